The first-order valence-electron chi connectivity index (χ1n) is 9.12. The lowest BCUT2D eigenvalue weighted by Gasteiger charge is -2.35. The number of nitrogens with zero attached hydrogens (tertiary/aromatic N) is 1. The summed E-state index contributed by atoms with van der Waals surface area (Å²) in [4.78, 5) is 17.9. The van der Waals surface area contributed by atoms with Crippen LogP contribution in [0.3, 0.4) is 0 Å². The summed E-state index contributed by atoms with van der Waals surface area (Å²) in [5, 5.41) is 1.25. The van der Waals surface area contributed by atoms with Crippen LogP contribution in [0, 0.1) is 0 Å². The van der Waals surface area contributed by atoms with E-state index in [1.807, 2.05) is 4.90 Å². The van der Waals surface area contributed by atoms with Crippen molar-refractivity contribution in [2.45, 2.75) is 39.2 Å². The molecule has 0 fully saturated rings. The van der Waals surface area contributed by atoms with Gasteiger partial charge in [-0.05, 0) is 47.2 Å². The van der Waals surface area contributed by atoms with Gasteiger partial charge in [-0.3, -0.25) is 4.79 Å². The van der Waals surface area contributed by atoms with E-state index >= 15 is 0 Å². The van der Waals surface area contributed by atoms with E-state index in [9.17, 15) is 4.79 Å². The molecule has 3 nitrogen and oxygen atoms in total. The van der Waals surface area contributed by atoms with Crippen LogP contribution in [0.4, 0.5) is 0 Å². The molecular formula is C22H23BrN2O. The Morgan fingerprint density at radius 3 is 2.58 bits per heavy atom. The zero-order valence-electron chi connectivity index (χ0n) is 15.3. The van der Waals surface area contributed by atoms with Crippen molar-refractivity contribution in [1.82, 2.24) is 9.88 Å². The Balaban J connectivity index is 1.87. The first-order chi connectivity index (χ1) is 12.5. The second kappa shape index (κ2) is 6.58. The van der Waals surface area contributed by atoms with Crippen molar-refractivity contribution in [2.24, 2.45) is 0 Å². The highest BCUT2D eigenvalue weighted by atomic mass is 79.9. The van der Waals surface area contributed by atoms with Gasteiger partial charge in [-0.25, -0.2) is 0 Å². The van der Waals surface area contributed by atoms with Crippen molar-refractivity contribution in [1.29, 1.82) is 0 Å². The third-order valence-electron chi connectivity index (χ3n) is 5.41. The molecule has 4 heteroatoms. The predicted molar refractivity (Wildman–Crippen MR) is 109 cm³/mol. The molecule has 1 aliphatic rings. The summed E-state index contributed by atoms with van der Waals surface area (Å²) < 4.78 is 1.08. The fourth-order valence-corrected chi connectivity index (χ4v) is 4.37. The Kier molecular flexibility index (Phi) is 4.39. The standard InChI is InChI=1S/C22H23BrN2O/c1-13(2)15-4-6-16(7-5-15)22-21-18(10-11-25(22)14(3)26)19-12-17(23)8-9-20(19)24-21/h4-9,12-13,22,24H,10-11H2,1-3H3. The number of aromatic nitrogens is 1. The molecule has 1 unspecified atom stereocenters. The van der Waals surface area contributed by atoms with Gasteiger partial charge in [0.05, 0.1) is 6.04 Å². The maximum absolute atomic E-state index is 12.3. The zero-order chi connectivity index (χ0) is 18.4. The molecule has 0 saturated heterocycles. The number of aromatic amines is 1. The van der Waals surface area contributed by atoms with Crippen LogP contribution in [0.25, 0.3) is 10.9 Å². The molecule has 0 spiro atoms. The average Bonchev–Trinajstić information content (AvgIpc) is 2.98. The minimum Gasteiger partial charge on any atom is -0.356 e. The number of fused-ring (bicyclic) bond motifs is 3. The molecule has 0 saturated carbocycles. The van der Waals surface area contributed by atoms with Gasteiger partial charge in [0.1, 0.15) is 0 Å². The Bertz CT molecular complexity index is 972. The van der Waals surface area contributed by atoms with Gasteiger partial charge in [0.25, 0.3) is 0 Å². The molecule has 0 radical (unpaired) electrons. The number of H-pyrrole nitrogens is 1. The van der Waals surface area contributed by atoms with E-state index in [0.29, 0.717) is 5.92 Å². The summed E-state index contributed by atoms with van der Waals surface area (Å²) >= 11 is 3.58. The third-order valence-corrected chi connectivity index (χ3v) is 5.91. The number of amides is 1. The van der Waals surface area contributed by atoms with E-state index < -0.39 is 0 Å². The van der Waals surface area contributed by atoms with Crippen molar-refractivity contribution in [2.75, 3.05) is 6.54 Å². The minimum absolute atomic E-state index is 0.0522. The largest absolute Gasteiger partial charge is 0.356 e. The molecule has 2 aromatic carbocycles. The monoisotopic (exact) mass is 410 g/mol. The first-order valence-corrected chi connectivity index (χ1v) is 9.92. The van der Waals surface area contributed by atoms with Gasteiger partial charge < -0.3 is 9.88 Å². The number of hydrogen-bond donors (Lipinski definition) is 1. The van der Waals surface area contributed by atoms with E-state index in [1.54, 1.807) is 6.92 Å². The van der Waals surface area contributed by atoms with Crippen LogP contribution in [0.1, 0.15) is 55.1 Å². The fraction of sp³-hybridized carbons (Fsp3) is 0.318. The predicted octanol–water partition coefficient (Wildman–Crippen LogP) is 5.55. The quantitative estimate of drug-likeness (QED) is 0.590. The molecule has 26 heavy (non-hydrogen) atoms. The number of benzene rings is 2. The normalized spacial score (nSPS) is 17.0. The van der Waals surface area contributed by atoms with Gasteiger partial charge >= 0.3 is 0 Å². The molecule has 0 bridgehead atoms. The van der Waals surface area contributed by atoms with E-state index in [0.717, 1.165) is 34.2 Å². The SMILES string of the molecule is CC(=O)N1CCc2c([nH]c3ccc(Br)cc23)C1c1ccc(C(C)C)cc1. The lowest BCUT2D eigenvalue weighted by Crippen LogP contribution is -2.39. The summed E-state index contributed by atoms with van der Waals surface area (Å²) in [6.07, 6.45) is 0.881. The van der Waals surface area contributed by atoms with Crippen LogP contribution in [0.15, 0.2) is 46.9 Å². The van der Waals surface area contributed by atoms with Gasteiger partial charge in [-0.15, -0.1) is 0 Å². The highest BCUT2D eigenvalue weighted by Gasteiger charge is 2.33. The van der Waals surface area contributed by atoms with Gasteiger partial charge in [-0.1, -0.05) is 54.0 Å². The van der Waals surface area contributed by atoms with Crippen molar-refractivity contribution in [3.63, 3.8) is 0 Å². The highest BCUT2D eigenvalue weighted by molar-refractivity contribution is 9.10. The number of nitrogens with one attached hydrogen (secondary N) is 1. The summed E-state index contributed by atoms with van der Waals surface area (Å²) in [6.45, 7) is 6.81. The van der Waals surface area contributed by atoms with Crippen LogP contribution < -0.4 is 0 Å². The Morgan fingerprint density at radius 1 is 1.19 bits per heavy atom. The molecule has 1 amide bonds. The van der Waals surface area contributed by atoms with Crippen LogP contribution in [-0.2, 0) is 11.2 Å². The second-order valence-corrected chi connectivity index (χ2v) is 8.31. The maximum atomic E-state index is 12.3. The summed E-state index contributed by atoms with van der Waals surface area (Å²) in [6, 6.07) is 15.0. The number of hydrogen-bond acceptors (Lipinski definition) is 1. The first kappa shape index (κ1) is 17.3. The summed E-state index contributed by atoms with van der Waals surface area (Å²) in [5.41, 5.74) is 6.09. The molecule has 0 aliphatic carbocycles. The van der Waals surface area contributed by atoms with Crippen LogP contribution >= 0.6 is 15.9 Å². The minimum atomic E-state index is -0.0522. The summed E-state index contributed by atoms with van der Waals surface area (Å²) in [7, 11) is 0. The number of halogens is 1. The van der Waals surface area contributed by atoms with E-state index in [2.05, 4.69) is 77.2 Å². The van der Waals surface area contributed by atoms with Crippen molar-refractivity contribution >= 4 is 32.7 Å². The molecular weight excluding hydrogens is 388 g/mol. The molecule has 1 aromatic heterocycles. The topological polar surface area (TPSA) is 36.1 Å². The molecule has 134 valence electrons. The smallest absolute Gasteiger partial charge is 0.220 e. The van der Waals surface area contributed by atoms with Gasteiger partial charge in [-0.2, -0.15) is 0 Å². The number of rotatable bonds is 2. The molecule has 1 N–H and O–H groups in total. The summed E-state index contributed by atoms with van der Waals surface area (Å²) in [5.74, 6) is 0.619. The van der Waals surface area contributed by atoms with Crippen molar-refractivity contribution in [3.8, 4) is 0 Å². The molecule has 4 rings (SSSR count). The van der Waals surface area contributed by atoms with Gasteiger partial charge in [0.2, 0.25) is 5.91 Å². The zero-order valence-corrected chi connectivity index (χ0v) is 16.9. The van der Waals surface area contributed by atoms with Crippen LogP contribution in [-0.4, -0.2) is 22.3 Å². The van der Waals surface area contributed by atoms with E-state index in [1.165, 1.54) is 16.5 Å². The van der Waals surface area contributed by atoms with Crippen LogP contribution in [0.5, 0.6) is 0 Å². The lowest BCUT2D eigenvalue weighted by atomic mass is 9.91. The number of carbonyl (C=O) groups excluding carboxylic acids is 1. The Morgan fingerprint density at radius 2 is 1.92 bits per heavy atom. The fourth-order valence-electron chi connectivity index (χ4n) is 4.01. The van der Waals surface area contributed by atoms with E-state index in [4.69, 9.17) is 0 Å². The van der Waals surface area contributed by atoms with Crippen LogP contribution in [0.2, 0.25) is 0 Å². The van der Waals surface area contributed by atoms with Crippen molar-refractivity contribution in [3.05, 3.63) is 69.3 Å². The van der Waals surface area contributed by atoms with Gasteiger partial charge in [0.15, 0.2) is 0 Å². The second-order valence-electron chi connectivity index (χ2n) is 7.39. The third kappa shape index (κ3) is 2.86. The number of carbonyl (C=O) groups is 1. The molecule has 2 heterocycles. The molecule has 3 aromatic rings. The van der Waals surface area contributed by atoms with Gasteiger partial charge in [0, 0.05) is 34.5 Å². The maximum Gasteiger partial charge on any atom is 0.220 e. The average molecular weight is 411 g/mol. The van der Waals surface area contributed by atoms with E-state index in [-0.39, 0.29) is 11.9 Å². The van der Waals surface area contributed by atoms with Crippen molar-refractivity contribution < 1.29 is 4.79 Å². The highest BCUT2D eigenvalue weighted by Crippen LogP contribution is 2.39. The Hall–Kier alpha value is -2.07. The lowest BCUT2D eigenvalue weighted by molar-refractivity contribution is -0.130. The molecule has 1 aliphatic heterocycles. The Labute approximate surface area is 162 Å². The molecule has 1 atom stereocenters.